The summed E-state index contributed by atoms with van der Waals surface area (Å²) in [5.74, 6) is 0.792. The largest absolute Gasteiger partial charge is 0.383 e. The van der Waals surface area contributed by atoms with Crippen molar-refractivity contribution in [2.45, 2.75) is 32.6 Å². The first-order valence-electron chi connectivity index (χ1n) is 6.18. The van der Waals surface area contributed by atoms with E-state index < -0.39 is 0 Å². The van der Waals surface area contributed by atoms with Crippen LogP contribution >= 0.6 is 0 Å². The third-order valence-corrected chi connectivity index (χ3v) is 2.98. The highest BCUT2D eigenvalue weighted by molar-refractivity contribution is 5.37. The van der Waals surface area contributed by atoms with Crippen LogP contribution in [-0.2, 0) is 7.05 Å². The molecule has 3 N–H and O–H groups in total. The van der Waals surface area contributed by atoms with Crippen molar-refractivity contribution < 1.29 is 0 Å². The molecule has 1 aromatic heterocycles. The maximum Gasteiger partial charge on any atom is 0.0726 e. The minimum atomic E-state index is 0.792. The molecule has 16 heavy (non-hydrogen) atoms. The lowest BCUT2D eigenvalue weighted by molar-refractivity contribution is 0.435. The molecule has 0 bridgehead atoms. The number of rotatable bonds is 8. The van der Waals surface area contributed by atoms with Crippen LogP contribution in [0.5, 0.6) is 0 Å². The van der Waals surface area contributed by atoms with Crippen LogP contribution in [0.4, 0.5) is 5.69 Å². The lowest BCUT2D eigenvalue weighted by atomic mass is 9.97. The van der Waals surface area contributed by atoms with Crippen molar-refractivity contribution in [2.24, 2.45) is 18.7 Å². The van der Waals surface area contributed by atoms with Gasteiger partial charge in [0.25, 0.3) is 0 Å². The van der Waals surface area contributed by atoms with Gasteiger partial charge in [-0.1, -0.05) is 13.3 Å². The van der Waals surface area contributed by atoms with Crippen LogP contribution in [0.1, 0.15) is 32.6 Å². The smallest absolute Gasteiger partial charge is 0.0726 e. The minimum absolute atomic E-state index is 0.792. The molecule has 1 unspecified atom stereocenters. The second-order valence-electron chi connectivity index (χ2n) is 4.32. The van der Waals surface area contributed by atoms with Crippen LogP contribution in [0, 0.1) is 5.92 Å². The van der Waals surface area contributed by atoms with E-state index in [1.165, 1.54) is 19.3 Å². The Bertz CT molecular complexity index is 282. The average molecular weight is 224 g/mol. The molecule has 4 heteroatoms. The van der Waals surface area contributed by atoms with Gasteiger partial charge in [-0.15, -0.1) is 0 Å². The lowest BCUT2D eigenvalue weighted by Gasteiger charge is -2.13. The van der Waals surface area contributed by atoms with Gasteiger partial charge in [-0.3, -0.25) is 4.68 Å². The van der Waals surface area contributed by atoms with E-state index in [4.69, 9.17) is 5.73 Å². The number of hydrogen-bond donors (Lipinski definition) is 2. The van der Waals surface area contributed by atoms with Crippen molar-refractivity contribution in [1.82, 2.24) is 9.78 Å². The topological polar surface area (TPSA) is 55.9 Å². The first-order valence-corrected chi connectivity index (χ1v) is 6.18. The predicted molar refractivity (Wildman–Crippen MR) is 68.4 cm³/mol. The zero-order valence-electron chi connectivity index (χ0n) is 10.4. The van der Waals surface area contributed by atoms with Crippen molar-refractivity contribution in [3.8, 4) is 0 Å². The van der Waals surface area contributed by atoms with E-state index in [-0.39, 0.29) is 0 Å². The number of aromatic nitrogens is 2. The Labute approximate surface area is 98.2 Å². The van der Waals surface area contributed by atoms with Crippen LogP contribution in [0.15, 0.2) is 12.4 Å². The number of nitrogens with two attached hydrogens (primary N) is 1. The molecule has 0 aliphatic rings. The Hall–Kier alpha value is -1.03. The van der Waals surface area contributed by atoms with Gasteiger partial charge in [-0.05, 0) is 31.7 Å². The summed E-state index contributed by atoms with van der Waals surface area (Å²) in [6.45, 7) is 4.08. The van der Waals surface area contributed by atoms with Crippen molar-refractivity contribution in [2.75, 3.05) is 18.4 Å². The standard InChI is InChI=1S/C12H24N4/c1-3-11(6-7-13)5-4-8-14-12-9-15-16(2)10-12/h9-11,14H,3-8,13H2,1-2H3. The van der Waals surface area contributed by atoms with Gasteiger partial charge in [0, 0.05) is 19.8 Å². The number of anilines is 1. The lowest BCUT2D eigenvalue weighted by Crippen LogP contribution is -2.10. The van der Waals surface area contributed by atoms with Crippen LogP contribution < -0.4 is 11.1 Å². The molecule has 0 aromatic carbocycles. The zero-order valence-corrected chi connectivity index (χ0v) is 10.4. The maximum atomic E-state index is 5.58. The molecule has 0 spiro atoms. The molecule has 0 fully saturated rings. The second-order valence-corrected chi connectivity index (χ2v) is 4.32. The predicted octanol–water partition coefficient (Wildman–Crippen LogP) is 1.99. The normalized spacial score (nSPS) is 12.7. The SMILES string of the molecule is CCC(CCN)CCCNc1cnn(C)c1. The molecule has 4 nitrogen and oxygen atoms in total. The highest BCUT2D eigenvalue weighted by Gasteiger charge is 2.04. The molecule has 0 saturated carbocycles. The Kier molecular flexibility index (Phi) is 5.93. The molecule has 0 amide bonds. The van der Waals surface area contributed by atoms with Crippen LogP contribution in [0.25, 0.3) is 0 Å². The summed E-state index contributed by atoms with van der Waals surface area (Å²) in [6.07, 6.45) is 8.72. The van der Waals surface area contributed by atoms with E-state index in [9.17, 15) is 0 Å². The highest BCUT2D eigenvalue weighted by Crippen LogP contribution is 2.14. The fourth-order valence-electron chi connectivity index (χ4n) is 1.92. The van der Waals surface area contributed by atoms with E-state index in [2.05, 4.69) is 17.3 Å². The van der Waals surface area contributed by atoms with E-state index in [0.717, 1.165) is 31.1 Å². The fraction of sp³-hybridized carbons (Fsp3) is 0.750. The van der Waals surface area contributed by atoms with Gasteiger partial charge in [0.2, 0.25) is 0 Å². The molecule has 1 aromatic rings. The van der Waals surface area contributed by atoms with Crippen LogP contribution in [0.3, 0.4) is 0 Å². The van der Waals surface area contributed by atoms with E-state index >= 15 is 0 Å². The van der Waals surface area contributed by atoms with Gasteiger partial charge in [0.1, 0.15) is 0 Å². The van der Waals surface area contributed by atoms with Gasteiger partial charge in [-0.2, -0.15) is 5.10 Å². The van der Waals surface area contributed by atoms with Gasteiger partial charge >= 0.3 is 0 Å². The molecular formula is C12H24N4. The summed E-state index contributed by atoms with van der Waals surface area (Å²) >= 11 is 0. The highest BCUT2D eigenvalue weighted by atomic mass is 15.3. The minimum Gasteiger partial charge on any atom is -0.383 e. The second kappa shape index (κ2) is 7.28. The van der Waals surface area contributed by atoms with E-state index in [1.54, 1.807) is 0 Å². The van der Waals surface area contributed by atoms with Crippen molar-refractivity contribution in [3.05, 3.63) is 12.4 Å². The number of aryl methyl sites for hydroxylation is 1. The quantitative estimate of drug-likeness (QED) is 0.664. The monoisotopic (exact) mass is 224 g/mol. The molecule has 0 radical (unpaired) electrons. The van der Waals surface area contributed by atoms with Crippen LogP contribution in [-0.4, -0.2) is 22.9 Å². The first kappa shape index (κ1) is 13.0. The van der Waals surface area contributed by atoms with Crippen LogP contribution in [0.2, 0.25) is 0 Å². The number of hydrogen-bond acceptors (Lipinski definition) is 3. The van der Waals surface area contributed by atoms with E-state index in [0.29, 0.717) is 0 Å². The summed E-state index contributed by atoms with van der Waals surface area (Å²) < 4.78 is 1.81. The van der Waals surface area contributed by atoms with Gasteiger partial charge in [0.15, 0.2) is 0 Å². The summed E-state index contributed by atoms with van der Waals surface area (Å²) in [5, 5.41) is 7.49. The fourth-order valence-corrected chi connectivity index (χ4v) is 1.92. The molecule has 0 saturated heterocycles. The Morgan fingerprint density at radius 1 is 1.50 bits per heavy atom. The maximum absolute atomic E-state index is 5.58. The number of nitrogens with one attached hydrogen (secondary N) is 1. The third kappa shape index (κ3) is 4.66. The Morgan fingerprint density at radius 2 is 2.31 bits per heavy atom. The molecule has 0 aliphatic carbocycles. The Morgan fingerprint density at radius 3 is 2.88 bits per heavy atom. The molecule has 92 valence electrons. The average Bonchev–Trinajstić information content (AvgIpc) is 2.69. The van der Waals surface area contributed by atoms with E-state index in [1.807, 2.05) is 24.1 Å². The van der Waals surface area contributed by atoms with Crippen molar-refractivity contribution in [3.63, 3.8) is 0 Å². The Balaban J connectivity index is 2.11. The summed E-state index contributed by atoms with van der Waals surface area (Å²) in [5.41, 5.74) is 6.68. The zero-order chi connectivity index (χ0) is 11.8. The third-order valence-electron chi connectivity index (χ3n) is 2.98. The summed E-state index contributed by atoms with van der Waals surface area (Å²) in [4.78, 5) is 0. The van der Waals surface area contributed by atoms with Gasteiger partial charge in [0.05, 0.1) is 11.9 Å². The van der Waals surface area contributed by atoms with Gasteiger partial charge < -0.3 is 11.1 Å². The molecule has 0 aliphatic heterocycles. The van der Waals surface area contributed by atoms with Crippen molar-refractivity contribution in [1.29, 1.82) is 0 Å². The molecule has 1 heterocycles. The molecule has 1 rings (SSSR count). The molecular weight excluding hydrogens is 200 g/mol. The first-order chi connectivity index (χ1) is 7.76. The van der Waals surface area contributed by atoms with Gasteiger partial charge in [-0.25, -0.2) is 0 Å². The number of nitrogens with zero attached hydrogens (tertiary/aromatic N) is 2. The summed E-state index contributed by atoms with van der Waals surface area (Å²) in [6, 6.07) is 0. The molecule has 1 atom stereocenters. The van der Waals surface area contributed by atoms with Crippen molar-refractivity contribution >= 4 is 5.69 Å². The summed E-state index contributed by atoms with van der Waals surface area (Å²) in [7, 11) is 1.93.